The highest BCUT2D eigenvalue weighted by molar-refractivity contribution is 5.80. The molecule has 2 N–H and O–H groups in total. The van der Waals surface area contributed by atoms with Gasteiger partial charge in [-0.3, -0.25) is 4.90 Å². The molecule has 7 nitrogen and oxygen atoms in total. The van der Waals surface area contributed by atoms with Gasteiger partial charge in [-0.15, -0.1) is 0 Å². The molecular weight excluding hydrogens is 226 g/mol. The molecule has 1 atom stereocenters. The number of imidazole rings is 1. The number of aliphatic carboxylic acids is 1. The molecule has 1 aliphatic rings. The van der Waals surface area contributed by atoms with Crippen molar-refractivity contribution in [3.63, 3.8) is 0 Å². The van der Waals surface area contributed by atoms with Crippen molar-refractivity contribution < 1.29 is 19.4 Å². The van der Waals surface area contributed by atoms with Crippen LogP contribution in [0.3, 0.4) is 0 Å². The van der Waals surface area contributed by atoms with Gasteiger partial charge in [-0.1, -0.05) is 0 Å². The molecule has 2 heterocycles. The standard InChI is InChI=1S/C10H13N3O4/c1-2-17-10(16)13-4-7-6(11-5-12-7)3-8(13)9(14)15/h5,8H,2-4H2,1H3,(H,11,12)(H,14,15). The lowest BCUT2D eigenvalue weighted by molar-refractivity contribution is -0.143. The van der Waals surface area contributed by atoms with Crippen LogP contribution in [0.4, 0.5) is 4.79 Å². The Morgan fingerprint density at radius 2 is 2.47 bits per heavy atom. The number of carboxylic acid groups (broad SMARTS) is 1. The van der Waals surface area contributed by atoms with E-state index in [1.54, 1.807) is 6.92 Å². The molecule has 0 bridgehead atoms. The van der Waals surface area contributed by atoms with Crippen molar-refractivity contribution in [2.75, 3.05) is 6.61 Å². The zero-order valence-corrected chi connectivity index (χ0v) is 9.34. The van der Waals surface area contributed by atoms with E-state index in [1.165, 1.54) is 11.2 Å². The Kier molecular flexibility index (Phi) is 2.99. The van der Waals surface area contributed by atoms with Crippen LogP contribution >= 0.6 is 0 Å². The summed E-state index contributed by atoms with van der Waals surface area (Å²) in [7, 11) is 0. The van der Waals surface area contributed by atoms with Crippen molar-refractivity contribution in [3.8, 4) is 0 Å². The number of nitrogens with one attached hydrogen (secondary N) is 1. The number of ether oxygens (including phenoxy) is 1. The second-order valence-corrected chi connectivity index (χ2v) is 3.71. The third-order valence-corrected chi connectivity index (χ3v) is 2.69. The molecule has 1 aromatic rings. The van der Waals surface area contributed by atoms with Crippen LogP contribution in [0.25, 0.3) is 0 Å². The molecule has 0 aromatic carbocycles. The predicted molar refractivity (Wildman–Crippen MR) is 56.3 cm³/mol. The quantitative estimate of drug-likeness (QED) is 0.777. The van der Waals surface area contributed by atoms with Crippen LogP contribution in [0.1, 0.15) is 18.3 Å². The Morgan fingerprint density at radius 3 is 3.12 bits per heavy atom. The summed E-state index contributed by atoms with van der Waals surface area (Å²) < 4.78 is 4.84. The van der Waals surface area contributed by atoms with E-state index in [0.717, 1.165) is 5.69 Å². The lowest BCUT2D eigenvalue weighted by Gasteiger charge is -2.31. The second-order valence-electron chi connectivity index (χ2n) is 3.71. The van der Waals surface area contributed by atoms with Gasteiger partial charge in [0, 0.05) is 6.42 Å². The fourth-order valence-electron chi connectivity index (χ4n) is 1.85. The van der Waals surface area contributed by atoms with Gasteiger partial charge in [0.25, 0.3) is 0 Å². The zero-order chi connectivity index (χ0) is 12.4. The van der Waals surface area contributed by atoms with Crippen LogP contribution in [0.5, 0.6) is 0 Å². The number of amides is 1. The molecule has 7 heteroatoms. The molecule has 92 valence electrons. The zero-order valence-electron chi connectivity index (χ0n) is 9.34. The highest BCUT2D eigenvalue weighted by Gasteiger charge is 2.36. The maximum Gasteiger partial charge on any atom is 0.410 e. The van der Waals surface area contributed by atoms with E-state index in [-0.39, 0.29) is 19.6 Å². The number of carboxylic acids is 1. The smallest absolute Gasteiger partial charge is 0.410 e. The third kappa shape index (κ3) is 2.08. The Hall–Kier alpha value is -2.05. The van der Waals surface area contributed by atoms with Crippen molar-refractivity contribution in [1.29, 1.82) is 0 Å². The minimum Gasteiger partial charge on any atom is -0.480 e. The summed E-state index contributed by atoms with van der Waals surface area (Å²) in [6, 6.07) is -0.912. The summed E-state index contributed by atoms with van der Waals surface area (Å²) in [4.78, 5) is 30.9. The highest BCUT2D eigenvalue weighted by Crippen LogP contribution is 2.21. The van der Waals surface area contributed by atoms with E-state index in [9.17, 15) is 9.59 Å². The van der Waals surface area contributed by atoms with E-state index < -0.39 is 18.1 Å². The molecule has 1 unspecified atom stereocenters. The molecule has 1 amide bonds. The van der Waals surface area contributed by atoms with Gasteiger partial charge in [0.05, 0.1) is 30.9 Å². The number of fused-ring (bicyclic) bond motifs is 1. The van der Waals surface area contributed by atoms with Gasteiger partial charge in [0.1, 0.15) is 6.04 Å². The Balaban J connectivity index is 2.24. The minimum absolute atomic E-state index is 0.186. The number of hydrogen-bond donors (Lipinski definition) is 2. The summed E-state index contributed by atoms with van der Waals surface area (Å²) >= 11 is 0. The summed E-state index contributed by atoms with van der Waals surface area (Å²) in [5.41, 5.74) is 1.45. The van der Waals surface area contributed by atoms with Gasteiger partial charge in [-0.2, -0.15) is 0 Å². The first kappa shape index (κ1) is 11.4. The van der Waals surface area contributed by atoms with Crippen molar-refractivity contribution in [2.45, 2.75) is 25.9 Å². The molecule has 0 spiro atoms. The van der Waals surface area contributed by atoms with E-state index >= 15 is 0 Å². The van der Waals surface area contributed by atoms with E-state index in [1.807, 2.05) is 0 Å². The molecule has 1 aromatic heterocycles. The maximum absolute atomic E-state index is 11.7. The lowest BCUT2D eigenvalue weighted by Crippen LogP contribution is -2.48. The first-order valence-corrected chi connectivity index (χ1v) is 5.30. The average molecular weight is 239 g/mol. The Labute approximate surface area is 97.4 Å². The number of H-pyrrole nitrogens is 1. The van der Waals surface area contributed by atoms with E-state index in [2.05, 4.69) is 9.97 Å². The third-order valence-electron chi connectivity index (χ3n) is 2.69. The normalized spacial score (nSPS) is 18.6. The van der Waals surface area contributed by atoms with Crippen LogP contribution in [-0.2, 0) is 22.5 Å². The topological polar surface area (TPSA) is 95.5 Å². The van der Waals surface area contributed by atoms with Crippen LogP contribution in [-0.4, -0.2) is 44.7 Å². The molecule has 0 saturated heterocycles. The number of aromatic amines is 1. The Morgan fingerprint density at radius 1 is 1.71 bits per heavy atom. The monoisotopic (exact) mass is 239 g/mol. The molecule has 0 fully saturated rings. The molecule has 1 aliphatic heterocycles. The first-order chi connectivity index (χ1) is 8.13. The number of rotatable bonds is 2. The van der Waals surface area contributed by atoms with Gasteiger partial charge in [0.15, 0.2) is 0 Å². The number of carbonyl (C=O) groups excluding carboxylic acids is 1. The van der Waals surface area contributed by atoms with Gasteiger partial charge in [-0.05, 0) is 6.92 Å². The minimum atomic E-state index is -1.05. The van der Waals surface area contributed by atoms with Crippen molar-refractivity contribution in [1.82, 2.24) is 14.9 Å². The van der Waals surface area contributed by atoms with Crippen molar-refractivity contribution in [3.05, 3.63) is 17.7 Å². The molecular formula is C10H13N3O4. The number of aromatic nitrogens is 2. The van der Waals surface area contributed by atoms with Crippen LogP contribution in [0.2, 0.25) is 0 Å². The van der Waals surface area contributed by atoms with Gasteiger partial charge in [-0.25, -0.2) is 14.6 Å². The molecule has 2 rings (SSSR count). The van der Waals surface area contributed by atoms with Gasteiger partial charge in [0.2, 0.25) is 0 Å². The van der Waals surface area contributed by atoms with E-state index in [4.69, 9.17) is 9.84 Å². The number of hydrogen-bond acceptors (Lipinski definition) is 4. The SMILES string of the molecule is CCOC(=O)N1Cc2[nH]cnc2CC1C(=O)O. The van der Waals surface area contributed by atoms with Crippen LogP contribution in [0.15, 0.2) is 6.33 Å². The van der Waals surface area contributed by atoms with Crippen molar-refractivity contribution >= 4 is 12.1 Å². The van der Waals surface area contributed by atoms with Crippen LogP contribution in [0, 0.1) is 0 Å². The molecule has 0 radical (unpaired) electrons. The second kappa shape index (κ2) is 4.44. The molecule has 0 aliphatic carbocycles. The number of nitrogens with zero attached hydrogens (tertiary/aromatic N) is 2. The Bertz CT molecular complexity index is 443. The van der Waals surface area contributed by atoms with Crippen molar-refractivity contribution in [2.24, 2.45) is 0 Å². The van der Waals surface area contributed by atoms with Crippen LogP contribution < -0.4 is 0 Å². The largest absolute Gasteiger partial charge is 0.480 e. The van der Waals surface area contributed by atoms with E-state index in [0.29, 0.717) is 5.69 Å². The average Bonchev–Trinajstić information content (AvgIpc) is 2.74. The first-order valence-electron chi connectivity index (χ1n) is 5.30. The molecule has 0 saturated carbocycles. The predicted octanol–water partition coefficient (Wildman–Crippen LogP) is 0.377. The fourth-order valence-corrected chi connectivity index (χ4v) is 1.85. The summed E-state index contributed by atoms with van der Waals surface area (Å²) in [6.07, 6.45) is 1.09. The lowest BCUT2D eigenvalue weighted by atomic mass is 10.0. The summed E-state index contributed by atoms with van der Waals surface area (Å²) in [6.45, 7) is 2.09. The summed E-state index contributed by atoms with van der Waals surface area (Å²) in [5.74, 6) is -1.05. The summed E-state index contributed by atoms with van der Waals surface area (Å²) in [5, 5.41) is 9.10. The van der Waals surface area contributed by atoms with Gasteiger partial charge >= 0.3 is 12.1 Å². The molecule has 17 heavy (non-hydrogen) atoms. The maximum atomic E-state index is 11.7. The number of carbonyl (C=O) groups is 2. The highest BCUT2D eigenvalue weighted by atomic mass is 16.6. The fraction of sp³-hybridized carbons (Fsp3) is 0.500. The van der Waals surface area contributed by atoms with Gasteiger partial charge < -0.3 is 14.8 Å².